The molecule has 22 heavy (non-hydrogen) atoms. The molecule has 0 fully saturated rings. The zero-order chi connectivity index (χ0) is 16.1. The number of carbonyl (C=O) groups excluding carboxylic acids is 2. The normalized spacial score (nSPS) is 9.91. The maximum absolute atomic E-state index is 12.1. The predicted octanol–water partition coefficient (Wildman–Crippen LogP) is 2.11. The number of rotatable bonds is 3. The van der Waals surface area contributed by atoms with Gasteiger partial charge in [-0.05, 0) is 46.3 Å². The van der Waals surface area contributed by atoms with E-state index in [4.69, 9.17) is 10.5 Å². The lowest BCUT2D eigenvalue weighted by Crippen LogP contribution is -2.42. The quantitative estimate of drug-likeness (QED) is 0.575. The van der Waals surface area contributed by atoms with Crippen molar-refractivity contribution in [3.8, 4) is 5.75 Å². The molecule has 114 valence electrons. The monoisotopic (exact) mass is 363 g/mol. The molecule has 2 aromatic carbocycles. The summed E-state index contributed by atoms with van der Waals surface area (Å²) in [5, 5.41) is 0. The Kier molecular flexibility index (Phi) is 5.00. The first-order valence-corrected chi connectivity index (χ1v) is 7.11. The summed E-state index contributed by atoms with van der Waals surface area (Å²) in [5.74, 6) is -0.439. The lowest BCUT2D eigenvalue weighted by Gasteiger charge is -2.10. The molecule has 0 atom stereocenters. The topological polar surface area (TPSA) is 93.5 Å². The van der Waals surface area contributed by atoms with Crippen molar-refractivity contribution in [3.63, 3.8) is 0 Å². The maximum atomic E-state index is 12.1. The minimum Gasteiger partial charge on any atom is -0.497 e. The smallest absolute Gasteiger partial charge is 0.271 e. The number of nitrogens with two attached hydrogens (primary N) is 1. The van der Waals surface area contributed by atoms with Crippen molar-refractivity contribution >= 4 is 33.4 Å². The van der Waals surface area contributed by atoms with Crippen molar-refractivity contribution in [3.05, 3.63) is 58.1 Å². The maximum Gasteiger partial charge on any atom is 0.271 e. The van der Waals surface area contributed by atoms with E-state index < -0.39 is 11.8 Å². The molecule has 6 nitrogen and oxygen atoms in total. The van der Waals surface area contributed by atoms with Gasteiger partial charge in [0.15, 0.2) is 0 Å². The van der Waals surface area contributed by atoms with Gasteiger partial charge in [0.2, 0.25) is 0 Å². The zero-order valence-electron chi connectivity index (χ0n) is 11.7. The number of anilines is 1. The molecule has 0 aliphatic carbocycles. The summed E-state index contributed by atoms with van der Waals surface area (Å²) in [5.41, 5.74) is 11.3. The Hall–Kier alpha value is -2.54. The van der Waals surface area contributed by atoms with Crippen molar-refractivity contribution < 1.29 is 14.3 Å². The number of para-hydroxylation sites is 1. The molecule has 0 saturated heterocycles. The second kappa shape index (κ2) is 6.95. The third-order valence-corrected chi connectivity index (χ3v) is 3.60. The Morgan fingerprint density at radius 3 is 2.32 bits per heavy atom. The van der Waals surface area contributed by atoms with Crippen LogP contribution in [-0.4, -0.2) is 18.9 Å². The van der Waals surface area contributed by atoms with Crippen LogP contribution in [0.5, 0.6) is 5.75 Å². The molecule has 2 amide bonds. The van der Waals surface area contributed by atoms with E-state index in [1.165, 1.54) is 7.11 Å². The molecule has 0 aromatic heterocycles. The van der Waals surface area contributed by atoms with Crippen LogP contribution in [0.25, 0.3) is 0 Å². The Balaban J connectivity index is 2.07. The van der Waals surface area contributed by atoms with E-state index in [1.54, 1.807) is 42.5 Å². The number of hydrazine groups is 1. The molecule has 0 unspecified atom stereocenters. The Labute approximate surface area is 135 Å². The third-order valence-electron chi connectivity index (χ3n) is 2.91. The van der Waals surface area contributed by atoms with Crippen molar-refractivity contribution in [1.29, 1.82) is 0 Å². The van der Waals surface area contributed by atoms with E-state index >= 15 is 0 Å². The van der Waals surface area contributed by atoms with Crippen LogP contribution in [0.3, 0.4) is 0 Å². The van der Waals surface area contributed by atoms with Crippen LogP contribution in [0.2, 0.25) is 0 Å². The summed E-state index contributed by atoms with van der Waals surface area (Å²) >= 11 is 3.27. The van der Waals surface area contributed by atoms with Crippen LogP contribution in [0.15, 0.2) is 46.9 Å². The fourth-order valence-corrected chi connectivity index (χ4v) is 2.18. The second-order valence-electron chi connectivity index (χ2n) is 4.34. The van der Waals surface area contributed by atoms with Gasteiger partial charge >= 0.3 is 0 Å². The summed E-state index contributed by atoms with van der Waals surface area (Å²) < 4.78 is 5.65. The molecule has 2 rings (SSSR count). The van der Waals surface area contributed by atoms with Gasteiger partial charge in [0.25, 0.3) is 11.8 Å². The van der Waals surface area contributed by atoms with E-state index in [2.05, 4.69) is 26.8 Å². The van der Waals surface area contributed by atoms with Crippen LogP contribution in [0.1, 0.15) is 20.7 Å². The first-order valence-electron chi connectivity index (χ1n) is 6.31. The van der Waals surface area contributed by atoms with Crippen LogP contribution < -0.4 is 21.3 Å². The fraction of sp³-hybridized carbons (Fsp3) is 0.0667. The van der Waals surface area contributed by atoms with Gasteiger partial charge in [-0.15, -0.1) is 0 Å². The third kappa shape index (κ3) is 3.56. The molecule has 7 heteroatoms. The fourth-order valence-electron chi connectivity index (χ4n) is 1.76. The van der Waals surface area contributed by atoms with Gasteiger partial charge in [-0.3, -0.25) is 20.4 Å². The summed E-state index contributed by atoms with van der Waals surface area (Å²) in [6.45, 7) is 0. The van der Waals surface area contributed by atoms with Gasteiger partial charge < -0.3 is 10.5 Å². The summed E-state index contributed by atoms with van der Waals surface area (Å²) in [4.78, 5) is 24.1. The van der Waals surface area contributed by atoms with E-state index in [1.807, 2.05) is 0 Å². The molecule has 0 radical (unpaired) electrons. The van der Waals surface area contributed by atoms with Gasteiger partial charge in [-0.2, -0.15) is 0 Å². The van der Waals surface area contributed by atoms with Crippen LogP contribution in [0.4, 0.5) is 5.69 Å². The van der Waals surface area contributed by atoms with Crippen molar-refractivity contribution in [1.82, 2.24) is 10.9 Å². The molecule has 0 heterocycles. The number of benzene rings is 2. The lowest BCUT2D eigenvalue weighted by atomic mass is 10.2. The van der Waals surface area contributed by atoms with E-state index in [9.17, 15) is 9.59 Å². The minimum atomic E-state index is -0.495. The summed E-state index contributed by atoms with van der Waals surface area (Å²) in [6.07, 6.45) is 0. The average molecular weight is 364 g/mol. The number of halogens is 1. The Morgan fingerprint density at radius 2 is 1.68 bits per heavy atom. The number of hydrogen-bond donors (Lipinski definition) is 3. The molecule has 4 N–H and O–H groups in total. The number of nitrogen functional groups attached to an aromatic ring is 1. The predicted molar refractivity (Wildman–Crippen MR) is 86.5 cm³/mol. The van der Waals surface area contributed by atoms with Gasteiger partial charge in [0.05, 0.1) is 18.2 Å². The first kappa shape index (κ1) is 15.8. The SMILES string of the molecule is COc1ccc(Br)c(C(=O)NNC(=O)c2ccccc2N)c1. The largest absolute Gasteiger partial charge is 0.497 e. The second-order valence-corrected chi connectivity index (χ2v) is 5.20. The molecule has 2 aromatic rings. The average Bonchev–Trinajstić information content (AvgIpc) is 2.53. The van der Waals surface area contributed by atoms with Crippen molar-refractivity contribution in [2.45, 2.75) is 0 Å². The summed E-state index contributed by atoms with van der Waals surface area (Å²) in [7, 11) is 1.50. The van der Waals surface area contributed by atoms with Gasteiger partial charge in [0.1, 0.15) is 5.75 Å². The highest BCUT2D eigenvalue weighted by Gasteiger charge is 2.14. The molecule has 0 bridgehead atoms. The number of amides is 2. The molecule has 0 aliphatic rings. The van der Waals surface area contributed by atoms with Gasteiger partial charge in [0, 0.05) is 10.2 Å². The van der Waals surface area contributed by atoms with Crippen LogP contribution in [0, 0.1) is 0 Å². The highest BCUT2D eigenvalue weighted by Crippen LogP contribution is 2.22. The highest BCUT2D eigenvalue weighted by molar-refractivity contribution is 9.10. The minimum absolute atomic E-state index is 0.285. The number of carbonyl (C=O) groups is 2. The summed E-state index contributed by atoms with van der Waals surface area (Å²) in [6, 6.07) is 11.5. The standard InChI is InChI=1S/C15H14BrN3O3/c1-22-9-6-7-12(16)11(8-9)15(21)19-18-14(20)10-4-2-3-5-13(10)17/h2-8H,17H2,1H3,(H,18,20)(H,19,21). The molecular formula is C15H14BrN3O3. The molecular weight excluding hydrogens is 350 g/mol. The highest BCUT2D eigenvalue weighted by atomic mass is 79.9. The van der Waals surface area contributed by atoms with Crippen LogP contribution in [-0.2, 0) is 0 Å². The molecule has 0 spiro atoms. The van der Waals surface area contributed by atoms with Crippen molar-refractivity contribution in [2.75, 3.05) is 12.8 Å². The number of nitrogens with one attached hydrogen (secondary N) is 2. The molecule has 0 aliphatic heterocycles. The number of ether oxygens (including phenoxy) is 1. The van der Waals surface area contributed by atoms with Gasteiger partial charge in [-0.25, -0.2) is 0 Å². The van der Waals surface area contributed by atoms with Gasteiger partial charge in [-0.1, -0.05) is 12.1 Å². The lowest BCUT2D eigenvalue weighted by molar-refractivity contribution is 0.0846. The zero-order valence-corrected chi connectivity index (χ0v) is 13.3. The number of methoxy groups -OCH3 is 1. The van der Waals surface area contributed by atoms with E-state index in [0.717, 1.165) is 0 Å². The van der Waals surface area contributed by atoms with Crippen LogP contribution >= 0.6 is 15.9 Å². The Morgan fingerprint density at radius 1 is 1.05 bits per heavy atom. The van der Waals surface area contributed by atoms with E-state index in [0.29, 0.717) is 21.5 Å². The first-order chi connectivity index (χ1) is 10.5. The van der Waals surface area contributed by atoms with Crippen molar-refractivity contribution in [2.24, 2.45) is 0 Å². The Bertz CT molecular complexity index is 719. The number of hydrogen-bond acceptors (Lipinski definition) is 4. The molecule has 0 saturated carbocycles. The van der Waals surface area contributed by atoms with E-state index in [-0.39, 0.29) is 5.56 Å².